The number of hydrogen-bond acceptors (Lipinski definition) is 6. The van der Waals surface area contributed by atoms with Crippen molar-refractivity contribution in [3.8, 4) is 0 Å². The lowest BCUT2D eigenvalue weighted by Crippen LogP contribution is -2.36. The zero-order valence-corrected chi connectivity index (χ0v) is 21.1. The van der Waals surface area contributed by atoms with Crippen LogP contribution in [-0.4, -0.2) is 36.2 Å². The molecule has 37 heavy (non-hydrogen) atoms. The van der Waals surface area contributed by atoms with Crippen molar-refractivity contribution < 1.29 is 9.32 Å². The molecule has 1 atom stereocenters. The molecular weight excluding hydrogens is 468 g/mol. The quantitative estimate of drug-likeness (QED) is 0.313. The van der Waals surface area contributed by atoms with Crippen molar-refractivity contribution >= 4 is 27.8 Å². The smallest absolute Gasteiger partial charge is 0.278 e. The predicted octanol–water partition coefficient (Wildman–Crippen LogP) is 3.87. The van der Waals surface area contributed by atoms with E-state index in [1.165, 1.54) is 16.5 Å². The molecule has 3 aromatic heterocycles. The highest BCUT2D eigenvalue weighted by molar-refractivity contribution is 6.06. The topological polar surface area (TPSA) is 108 Å². The standard InChI is InChI=1S/C28H30N6O3/c1-3-9-23-31-25(37-32-23)17-33-18-29-26-21-12-7-8-13-22(21)34(27(26)28(33)36)16-24(35)30-19(2)14-15-20-10-5-4-6-11-20/h4-8,10-13,18-19H,3,9,14-17H2,1-2H3,(H,30,35)/t19-/m1/s1. The molecule has 0 radical (unpaired) electrons. The molecule has 0 aliphatic carbocycles. The van der Waals surface area contributed by atoms with Crippen molar-refractivity contribution in [1.82, 2.24) is 29.6 Å². The summed E-state index contributed by atoms with van der Waals surface area (Å²) in [5.41, 5.74) is 2.71. The maximum atomic E-state index is 13.6. The number of nitrogens with one attached hydrogen (secondary N) is 1. The Labute approximate surface area is 214 Å². The molecule has 0 fully saturated rings. The fourth-order valence-corrected chi connectivity index (χ4v) is 4.61. The van der Waals surface area contributed by atoms with Crippen molar-refractivity contribution in [1.29, 1.82) is 0 Å². The van der Waals surface area contributed by atoms with Gasteiger partial charge in [0.25, 0.3) is 5.56 Å². The van der Waals surface area contributed by atoms with Gasteiger partial charge in [0.15, 0.2) is 5.82 Å². The average molecular weight is 499 g/mol. The normalized spacial score (nSPS) is 12.3. The summed E-state index contributed by atoms with van der Waals surface area (Å²) in [7, 11) is 0. The number of nitrogens with zero attached hydrogens (tertiary/aromatic N) is 5. The van der Waals surface area contributed by atoms with Crippen LogP contribution in [0, 0.1) is 0 Å². The predicted molar refractivity (Wildman–Crippen MR) is 141 cm³/mol. The molecule has 0 aliphatic rings. The van der Waals surface area contributed by atoms with Gasteiger partial charge in [-0.25, -0.2) is 4.98 Å². The summed E-state index contributed by atoms with van der Waals surface area (Å²) in [6, 6.07) is 17.8. The molecule has 190 valence electrons. The van der Waals surface area contributed by atoms with E-state index in [1.54, 1.807) is 4.57 Å². The summed E-state index contributed by atoms with van der Waals surface area (Å²) in [6.45, 7) is 4.17. The number of fused-ring (bicyclic) bond motifs is 3. The minimum Gasteiger partial charge on any atom is -0.352 e. The van der Waals surface area contributed by atoms with Crippen molar-refractivity contribution in [2.24, 2.45) is 0 Å². The van der Waals surface area contributed by atoms with Gasteiger partial charge in [-0.1, -0.05) is 60.6 Å². The van der Waals surface area contributed by atoms with Crippen LogP contribution in [0.1, 0.15) is 44.0 Å². The third-order valence-corrected chi connectivity index (χ3v) is 6.44. The summed E-state index contributed by atoms with van der Waals surface area (Å²) in [5.74, 6) is 0.810. The van der Waals surface area contributed by atoms with E-state index >= 15 is 0 Å². The number of hydrogen-bond donors (Lipinski definition) is 1. The van der Waals surface area contributed by atoms with Crippen LogP contribution in [0.5, 0.6) is 0 Å². The van der Waals surface area contributed by atoms with Crippen LogP contribution in [0.25, 0.3) is 21.9 Å². The van der Waals surface area contributed by atoms with Crippen LogP contribution >= 0.6 is 0 Å². The van der Waals surface area contributed by atoms with Gasteiger partial charge in [-0.15, -0.1) is 0 Å². The van der Waals surface area contributed by atoms with Crippen LogP contribution in [0.2, 0.25) is 0 Å². The highest BCUT2D eigenvalue weighted by atomic mass is 16.5. The third-order valence-electron chi connectivity index (χ3n) is 6.44. The number of amides is 1. The van der Waals surface area contributed by atoms with E-state index in [0.717, 1.165) is 30.2 Å². The average Bonchev–Trinajstić information content (AvgIpc) is 3.48. The molecule has 5 aromatic rings. The zero-order valence-electron chi connectivity index (χ0n) is 21.1. The second-order valence-corrected chi connectivity index (χ2v) is 9.33. The molecule has 9 nitrogen and oxygen atoms in total. The van der Waals surface area contributed by atoms with Crippen molar-refractivity contribution in [2.45, 2.75) is 58.7 Å². The van der Waals surface area contributed by atoms with Gasteiger partial charge in [0.2, 0.25) is 11.8 Å². The van der Waals surface area contributed by atoms with Gasteiger partial charge in [-0.3, -0.25) is 14.2 Å². The van der Waals surface area contributed by atoms with E-state index in [-0.39, 0.29) is 30.6 Å². The maximum absolute atomic E-state index is 13.6. The molecular formula is C28H30N6O3. The minimum absolute atomic E-state index is 0.00887. The second-order valence-electron chi connectivity index (χ2n) is 9.33. The Morgan fingerprint density at radius 2 is 1.86 bits per heavy atom. The molecule has 1 amide bonds. The van der Waals surface area contributed by atoms with E-state index < -0.39 is 0 Å². The number of aromatic nitrogens is 5. The Kier molecular flexibility index (Phi) is 7.11. The summed E-state index contributed by atoms with van der Waals surface area (Å²) in [6.07, 6.45) is 4.81. The summed E-state index contributed by atoms with van der Waals surface area (Å²) >= 11 is 0. The summed E-state index contributed by atoms with van der Waals surface area (Å²) in [4.78, 5) is 35.6. The SMILES string of the molecule is CCCc1noc(Cn2cnc3c4ccccc4n(CC(=O)N[C@H](C)CCc4ccccc4)c3c2=O)n1. The lowest BCUT2D eigenvalue weighted by molar-refractivity contribution is -0.122. The molecule has 0 saturated carbocycles. The number of aryl methyl sites for hydroxylation is 2. The molecule has 2 aromatic carbocycles. The molecule has 0 aliphatic heterocycles. The third kappa shape index (κ3) is 5.30. The van der Waals surface area contributed by atoms with Crippen LogP contribution in [0.4, 0.5) is 0 Å². The van der Waals surface area contributed by atoms with Crippen LogP contribution in [-0.2, 0) is 30.7 Å². The van der Waals surface area contributed by atoms with Crippen LogP contribution in [0.3, 0.4) is 0 Å². The lowest BCUT2D eigenvalue weighted by atomic mass is 10.1. The molecule has 0 unspecified atom stereocenters. The molecule has 0 bridgehead atoms. The first-order valence-electron chi connectivity index (χ1n) is 12.6. The van der Waals surface area contributed by atoms with Gasteiger partial charge in [-0.05, 0) is 37.8 Å². The van der Waals surface area contributed by atoms with E-state index in [9.17, 15) is 9.59 Å². The second kappa shape index (κ2) is 10.8. The first kappa shape index (κ1) is 24.4. The molecule has 1 N–H and O–H groups in total. The molecule has 0 saturated heterocycles. The fourth-order valence-electron chi connectivity index (χ4n) is 4.61. The number of rotatable bonds is 10. The van der Waals surface area contributed by atoms with Crippen LogP contribution in [0.15, 0.2) is 70.2 Å². The molecule has 9 heteroatoms. The van der Waals surface area contributed by atoms with E-state index in [1.807, 2.05) is 56.3 Å². The number of carbonyl (C=O) groups is 1. The van der Waals surface area contributed by atoms with Gasteiger partial charge in [0.1, 0.15) is 24.1 Å². The van der Waals surface area contributed by atoms with E-state index in [2.05, 4.69) is 32.6 Å². The Bertz CT molecular complexity index is 1580. The van der Waals surface area contributed by atoms with Gasteiger partial charge >= 0.3 is 0 Å². The van der Waals surface area contributed by atoms with Crippen LogP contribution < -0.4 is 10.9 Å². The first-order chi connectivity index (χ1) is 18.0. The Balaban J connectivity index is 1.40. The molecule has 5 rings (SSSR count). The number of carbonyl (C=O) groups excluding carboxylic acids is 1. The van der Waals surface area contributed by atoms with Crippen molar-refractivity contribution in [2.75, 3.05) is 0 Å². The summed E-state index contributed by atoms with van der Waals surface area (Å²) < 4.78 is 8.52. The Morgan fingerprint density at radius 3 is 2.68 bits per heavy atom. The monoisotopic (exact) mass is 498 g/mol. The Morgan fingerprint density at radius 1 is 1.08 bits per heavy atom. The Hall–Kier alpha value is -4.27. The van der Waals surface area contributed by atoms with E-state index in [0.29, 0.717) is 29.2 Å². The highest BCUT2D eigenvalue weighted by Crippen LogP contribution is 2.25. The summed E-state index contributed by atoms with van der Waals surface area (Å²) in [5, 5.41) is 7.88. The van der Waals surface area contributed by atoms with Gasteiger partial charge in [0, 0.05) is 17.8 Å². The highest BCUT2D eigenvalue weighted by Gasteiger charge is 2.20. The molecule has 0 spiro atoms. The van der Waals surface area contributed by atoms with Gasteiger partial charge in [0.05, 0.1) is 11.8 Å². The lowest BCUT2D eigenvalue weighted by Gasteiger charge is -2.15. The maximum Gasteiger partial charge on any atom is 0.278 e. The van der Waals surface area contributed by atoms with E-state index in [4.69, 9.17) is 4.52 Å². The zero-order chi connectivity index (χ0) is 25.8. The minimum atomic E-state index is -0.263. The van der Waals surface area contributed by atoms with Crippen molar-refractivity contribution in [3.05, 3.63) is 88.6 Å². The first-order valence-corrected chi connectivity index (χ1v) is 12.6. The largest absolute Gasteiger partial charge is 0.352 e. The van der Waals surface area contributed by atoms with Crippen molar-refractivity contribution in [3.63, 3.8) is 0 Å². The number of benzene rings is 2. The fraction of sp³-hybridized carbons (Fsp3) is 0.321. The van der Waals surface area contributed by atoms with Gasteiger partial charge in [-0.2, -0.15) is 4.98 Å². The molecule has 3 heterocycles. The van der Waals surface area contributed by atoms with Gasteiger partial charge < -0.3 is 14.4 Å². The number of para-hydroxylation sites is 1.